The lowest BCUT2D eigenvalue weighted by atomic mass is 9.86. The van der Waals surface area contributed by atoms with Crippen LogP contribution in [0.3, 0.4) is 0 Å². The van der Waals surface area contributed by atoms with Crippen molar-refractivity contribution in [2.45, 2.75) is 12.8 Å². The highest BCUT2D eigenvalue weighted by molar-refractivity contribution is 7.13. The summed E-state index contributed by atoms with van der Waals surface area (Å²) in [5.41, 5.74) is 5.48. The second kappa shape index (κ2) is 7.76. The fraction of sp³-hybridized carbons (Fsp3) is 0.120. The number of carbonyl (C=O) groups is 1. The Bertz CT molecular complexity index is 1240. The van der Waals surface area contributed by atoms with Crippen LogP contribution in [0.5, 0.6) is 5.75 Å². The lowest BCUT2D eigenvalue weighted by Crippen LogP contribution is -2.14. The number of aryl methyl sites for hydroxylation is 1. The van der Waals surface area contributed by atoms with Gasteiger partial charge < -0.3 is 4.74 Å². The maximum Gasteiger partial charge on any atom is 0.189 e. The first-order valence-corrected chi connectivity index (χ1v) is 10.7. The predicted octanol–water partition coefficient (Wildman–Crippen LogP) is 5.82. The van der Waals surface area contributed by atoms with Crippen LogP contribution >= 0.6 is 11.3 Å². The number of hydrogen-bond donors (Lipinski definition) is 0. The number of allylic oxidation sites excluding steroid dienone is 1. The van der Waals surface area contributed by atoms with Crippen molar-refractivity contribution < 1.29 is 9.53 Å². The Labute approximate surface area is 179 Å². The second-order valence-electron chi connectivity index (χ2n) is 7.21. The summed E-state index contributed by atoms with van der Waals surface area (Å²) in [6.07, 6.45) is 5.55. The third-order valence-electron chi connectivity index (χ3n) is 5.36. The Balaban J connectivity index is 1.57. The number of hydrogen-bond acceptors (Lipinski definition) is 4. The van der Waals surface area contributed by atoms with Gasteiger partial charge in [0.05, 0.1) is 17.7 Å². The van der Waals surface area contributed by atoms with Gasteiger partial charge in [0.1, 0.15) is 11.4 Å². The number of fused-ring (bicyclic) bond motifs is 1. The van der Waals surface area contributed by atoms with Crippen LogP contribution in [-0.4, -0.2) is 22.7 Å². The van der Waals surface area contributed by atoms with Crippen LogP contribution < -0.4 is 4.74 Å². The maximum absolute atomic E-state index is 13.2. The largest absolute Gasteiger partial charge is 0.497 e. The van der Waals surface area contributed by atoms with Crippen molar-refractivity contribution in [3.8, 4) is 22.0 Å². The SMILES string of the molecule is COc1ccc2c(c1)CC/C(=C/c1cn(-c3ccccc3)nc1-c1cccs1)C2=O. The molecule has 0 spiro atoms. The number of thiophene rings is 1. The van der Waals surface area contributed by atoms with E-state index in [-0.39, 0.29) is 5.78 Å². The minimum absolute atomic E-state index is 0.0866. The van der Waals surface area contributed by atoms with Crippen molar-refractivity contribution >= 4 is 23.2 Å². The fourth-order valence-corrected chi connectivity index (χ4v) is 4.55. The quantitative estimate of drug-likeness (QED) is 0.397. The molecule has 0 unspecified atom stereocenters. The molecule has 4 nitrogen and oxygen atoms in total. The number of carbonyl (C=O) groups excluding carboxylic acids is 1. The van der Waals surface area contributed by atoms with E-state index in [1.165, 1.54) is 0 Å². The lowest BCUT2D eigenvalue weighted by Gasteiger charge is -2.18. The Hall–Kier alpha value is -3.44. The van der Waals surface area contributed by atoms with Crippen molar-refractivity contribution in [2.24, 2.45) is 0 Å². The number of nitrogens with zero attached hydrogens (tertiary/aromatic N) is 2. The van der Waals surface area contributed by atoms with Gasteiger partial charge in [-0.1, -0.05) is 24.3 Å². The molecule has 0 radical (unpaired) electrons. The van der Waals surface area contributed by atoms with Crippen molar-refractivity contribution in [3.05, 3.63) is 94.5 Å². The molecule has 0 N–H and O–H groups in total. The van der Waals surface area contributed by atoms with Gasteiger partial charge in [-0.25, -0.2) is 4.68 Å². The van der Waals surface area contributed by atoms with Gasteiger partial charge in [-0.15, -0.1) is 11.3 Å². The van der Waals surface area contributed by atoms with Crippen molar-refractivity contribution in [3.63, 3.8) is 0 Å². The molecular formula is C25H20N2O2S. The highest BCUT2D eigenvalue weighted by Gasteiger charge is 2.23. The Morgan fingerprint density at radius 1 is 1.07 bits per heavy atom. The minimum atomic E-state index is 0.0866. The highest BCUT2D eigenvalue weighted by Crippen LogP contribution is 2.33. The molecule has 2 aromatic carbocycles. The van der Waals surface area contributed by atoms with Crippen LogP contribution in [0.15, 0.2) is 77.8 Å². The van der Waals surface area contributed by atoms with E-state index in [2.05, 4.69) is 6.07 Å². The molecule has 5 heteroatoms. The number of aromatic nitrogens is 2. The summed E-state index contributed by atoms with van der Waals surface area (Å²) >= 11 is 1.65. The molecule has 0 saturated carbocycles. The van der Waals surface area contributed by atoms with Gasteiger partial charge in [0, 0.05) is 22.9 Å². The van der Waals surface area contributed by atoms with E-state index in [1.54, 1.807) is 18.4 Å². The smallest absolute Gasteiger partial charge is 0.189 e. The highest BCUT2D eigenvalue weighted by atomic mass is 32.1. The predicted molar refractivity (Wildman–Crippen MR) is 120 cm³/mol. The Morgan fingerprint density at radius 3 is 2.70 bits per heavy atom. The normalized spacial score (nSPS) is 14.7. The van der Waals surface area contributed by atoms with Crippen LogP contribution in [0.2, 0.25) is 0 Å². The van der Waals surface area contributed by atoms with E-state index < -0.39 is 0 Å². The Kier molecular flexibility index (Phi) is 4.81. The zero-order valence-electron chi connectivity index (χ0n) is 16.5. The van der Waals surface area contributed by atoms with Gasteiger partial charge in [0.2, 0.25) is 0 Å². The van der Waals surface area contributed by atoms with Crippen LogP contribution in [0, 0.1) is 0 Å². The molecule has 4 aromatic rings. The molecule has 0 bridgehead atoms. The average molecular weight is 413 g/mol. The minimum Gasteiger partial charge on any atom is -0.497 e. The van der Waals surface area contributed by atoms with Crippen LogP contribution in [0.4, 0.5) is 0 Å². The van der Waals surface area contributed by atoms with E-state index in [0.717, 1.165) is 50.7 Å². The molecule has 0 fully saturated rings. The summed E-state index contributed by atoms with van der Waals surface area (Å²) in [4.78, 5) is 14.2. The van der Waals surface area contributed by atoms with Crippen molar-refractivity contribution in [2.75, 3.05) is 7.11 Å². The third kappa shape index (κ3) is 3.37. The summed E-state index contributed by atoms with van der Waals surface area (Å²) in [7, 11) is 1.65. The third-order valence-corrected chi connectivity index (χ3v) is 6.24. The molecule has 0 atom stereocenters. The van der Waals surface area contributed by atoms with Gasteiger partial charge in [0.15, 0.2) is 5.78 Å². The van der Waals surface area contributed by atoms with Gasteiger partial charge in [-0.2, -0.15) is 5.10 Å². The van der Waals surface area contributed by atoms with Gasteiger partial charge in [0.25, 0.3) is 0 Å². The summed E-state index contributed by atoms with van der Waals surface area (Å²) < 4.78 is 7.19. The summed E-state index contributed by atoms with van der Waals surface area (Å²) in [6, 6.07) is 19.8. The number of benzene rings is 2. The molecular weight excluding hydrogens is 392 g/mol. The van der Waals surface area contributed by atoms with Crippen molar-refractivity contribution in [1.82, 2.24) is 9.78 Å². The molecule has 0 saturated heterocycles. The second-order valence-corrected chi connectivity index (χ2v) is 8.16. The molecule has 0 amide bonds. The monoisotopic (exact) mass is 412 g/mol. The number of ether oxygens (including phenoxy) is 1. The van der Waals surface area contributed by atoms with Gasteiger partial charge in [-0.05, 0) is 66.3 Å². The average Bonchev–Trinajstić information content (AvgIpc) is 3.46. The van der Waals surface area contributed by atoms with Crippen molar-refractivity contribution in [1.29, 1.82) is 0 Å². The lowest BCUT2D eigenvalue weighted by molar-refractivity contribution is 0.102. The zero-order chi connectivity index (χ0) is 20.5. The molecule has 5 rings (SSSR count). The zero-order valence-corrected chi connectivity index (χ0v) is 17.4. The van der Waals surface area contributed by atoms with E-state index in [9.17, 15) is 4.79 Å². The first-order valence-electron chi connectivity index (χ1n) is 9.84. The van der Waals surface area contributed by atoms with Gasteiger partial charge in [-0.3, -0.25) is 4.79 Å². The molecule has 1 aliphatic rings. The van der Waals surface area contributed by atoms with E-state index >= 15 is 0 Å². The molecule has 1 aliphatic carbocycles. The maximum atomic E-state index is 13.2. The number of rotatable bonds is 4. The first-order chi connectivity index (χ1) is 14.7. The molecule has 30 heavy (non-hydrogen) atoms. The molecule has 2 aromatic heterocycles. The van der Waals surface area contributed by atoms with Crippen LogP contribution in [0.25, 0.3) is 22.3 Å². The number of Topliss-reactive ketones (excluding diaryl/α,β-unsaturated/α-hetero) is 1. The molecule has 0 aliphatic heterocycles. The van der Waals surface area contributed by atoms with Crippen LogP contribution in [-0.2, 0) is 6.42 Å². The first kappa shape index (κ1) is 18.6. The fourth-order valence-electron chi connectivity index (χ4n) is 3.82. The van der Waals surface area contributed by atoms with Gasteiger partial charge >= 0.3 is 0 Å². The topological polar surface area (TPSA) is 44.1 Å². The van der Waals surface area contributed by atoms with E-state index in [1.807, 2.05) is 76.9 Å². The van der Waals surface area contributed by atoms with E-state index in [0.29, 0.717) is 6.42 Å². The summed E-state index contributed by atoms with van der Waals surface area (Å²) in [6.45, 7) is 0. The Morgan fingerprint density at radius 2 is 1.93 bits per heavy atom. The number of para-hydroxylation sites is 1. The molecule has 2 heterocycles. The standard InChI is InChI=1S/C25H20N2O2S/c1-29-21-11-12-22-17(15-21)9-10-18(25(22)28)14-19-16-27(20-6-3-2-4-7-20)26-24(19)23-8-5-13-30-23/h2-8,11-16H,9-10H2,1H3/b18-14-. The van der Waals surface area contributed by atoms with Crippen LogP contribution in [0.1, 0.15) is 27.9 Å². The summed E-state index contributed by atoms with van der Waals surface area (Å²) in [5, 5.41) is 6.88. The number of methoxy groups -OCH3 is 1. The number of ketones is 1. The summed E-state index contributed by atoms with van der Waals surface area (Å²) in [5.74, 6) is 0.876. The molecule has 148 valence electrons. The van der Waals surface area contributed by atoms with E-state index in [4.69, 9.17) is 9.84 Å².